The van der Waals surface area contributed by atoms with Crippen molar-refractivity contribution in [3.63, 3.8) is 0 Å². The first kappa shape index (κ1) is 18.5. The Hall–Kier alpha value is -2.34. The summed E-state index contributed by atoms with van der Waals surface area (Å²) < 4.78 is 39.5. The molecule has 1 saturated heterocycles. The zero-order valence-corrected chi connectivity index (χ0v) is 14.4. The Morgan fingerprint density at radius 1 is 0.885 bits per heavy atom. The molecule has 2 aromatic carbocycles. The van der Waals surface area contributed by atoms with Crippen LogP contribution in [0, 0.1) is 0 Å². The van der Waals surface area contributed by atoms with Gasteiger partial charge in [-0.1, -0.05) is 36.4 Å². The lowest BCUT2D eigenvalue weighted by atomic mass is 10.1. The van der Waals surface area contributed by atoms with Gasteiger partial charge in [-0.15, -0.1) is 0 Å². The minimum absolute atomic E-state index is 0.0249. The van der Waals surface area contributed by atoms with E-state index in [-0.39, 0.29) is 18.0 Å². The van der Waals surface area contributed by atoms with Gasteiger partial charge >= 0.3 is 6.18 Å². The molecule has 3 rings (SSSR count). The van der Waals surface area contributed by atoms with Crippen molar-refractivity contribution < 1.29 is 18.0 Å². The highest BCUT2D eigenvalue weighted by molar-refractivity contribution is 5.94. The smallest absolute Gasteiger partial charge is 0.337 e. The number of benzene rings is 2. The van der Waals surface area contributed by atoms with Crippen molar-refractivity contribution in [2.45, 2.75) is 19.1 Å². The van der Waals surface area contributed by atoms with E-state index in [0.29, 0.717) is 31.7 Å². The van der Waals surface area contributed by atoms with E-state index in [1.165, 1.54) is 12.1 Å². The summed E-state index contributed by atoms with van der Waals surface area (Å²) in [5.41, 5.74) is 0.340. The molecule has 1 aliphatic heterocycles. The standard InChI is InChI=1S/C20H21F3N2O/c21-20(22,23)18-10-5-4-9-17(18)15-24-11-6-12-25(14-13-24)19(26)16-7-2-1-3-8-16/h1-5,7-10H,6,11-15H2. The van der Waals surface area contributed by atoms with Gasteiger partial charge in [0.05, 0.1) is 5.56 Å². The molecule has 1 aliphatic rings. The van der Waals surface area contributed by atoms with E-state index in [0.717, 1.165) is 12.5 Å². The molecule has 0 radical (unpaired) electrons. The van der Waals surface area contributed by atoms with Crippen LogP contribution in [0.3, 0.4) is 0 Å². The molecule has 2 aromatic rings. The Balaban J connectivity index is 1.66. The molecule has 3 nitrogen and oxygen atoms in total. The molecule has 138 valence electrons. The first-order valence-corrected chi connectivity index (χ1v) is 8.67. The van der Waals surface area contributed by atoms with Gasteiger partial charge in [0.15, 0.2) is 0 Å². The molecule has 0 bridgehead atoms. The molecule has 0 atom stereocenters. The first-order valence-electron chi connectivity index (χ1n) is 8.67. The monoisotopic (exact) mass is 362 g/mol. The molecule has 1 amide bonds. The predicted octanol–water partition coefficient (Wildman–Crippen LogP) is 4.05. The average Bonchev–Trinajstić information content (AvgIpc) is 2.87. The molecular formula is C20H21F3N2O. The third kappa shape index (κ3) is 4.43. The molecule has 0 saturated carbocycles. The van der Waals surface area contributed by atoms with Gasteiger partial charge in [0, 0.05) is 38.3 Å². The van der Waals surface area contributed by atoms with Crippen molar-refractivity contribution in [2.75, 3.05) is 26.2 Å². The highest BCUT2D eigenvalue weighted by atomic mass is 19.4. The number of hydrogen-bond acceptors (Lipinski definition) is 2. The highest BCUT2D eigenvalue weighted by Gasteiger charge is 2.33. The fraction of sp³-hybridized carbons (Fsp3) is 0.350. The molecule has 0 spiro atoms. The van der Waals surface area contributed by atoms with Crippen molar-refractivity contribution in [3.8, 4) is 0 Å². The molecule has 1 fully saturated rings. The van der Waals surface area contributed by atoms with Crippen LogP contribution in [0.25, 0.3) is 0 Å². The highest BCUT2D eigenvalue weighted by Crippen LogP contribution is 2.32. The Morgan fingerprint density at radius 3 is 2.31 bits per heavy atom. The lowest BCUT2D eigenvalue weighted by Crippen LogP contribution is -2.35. The largest absolute Gasteiger partial charge is 0.416 e. The van der Waals surface area contributed by atoms with Gasteiger partial charge in [-0.05, 0) is 30.2 Å². The maximum absolute atomic E-state index is 13.2. The van der Waals surface area contributed by atoms with Gasteiger partial charge in [0.2, 0.25) is 0 Å². The second-order valence-corrected chi connectivity index (χ2v) is 6.44. The van der Waals surface area contributed by atoms with Crippen LogP contribution in [0.2, 0.25) is 0 Å². The number of nitrogens with zero attached hydrogens (tertiary/aromatic N) is 2. The summed E-state index contributed by atoms with van der Waals surface area (Å²) in [4.78, 5) is 16.3. The molecule has 0 unspecified atom stereocenters. The Bertz CT molecular complexity index is 746. The first-order chi connectivity index (χ1) is 12.4. The van der Waals surface area contributed by atoms with Gasteiger partial charge < -0.3 is 4.90 Å². The van der Waals surface area contributed by atoms with Crippen LogP contribution in [0.1, 0.15) is 27.9 Å². The normalized spacial score (nSPS) is 16.3. The van der Waals surface area contributed by atoms with E-state index in [2.05, 4.69) is 0 Å². The molecular weight excluding hydrogens is 341 g/mol. The second-order valence-electron chi connectivity index (χ2n) is 6.44. The van der Waals surface area contributed by atoms with E-state index in [1.54, 1.807) is 23.1 Å². The van der Waals surface area contributed by atoms with Crippen molar-refractivity contribution in [3.05, 3.63) is 71.3 Å². The van der Waals surface area contributed by atoms with E-state index < -0.39 is 11.7 Å². The maximum Gasteiger partial charge on any atom is 0.416 e. The van der Waals surface area contributed by atoms with Gasteiger partial charge in [-0.25, -0.2) is 0 Å². The SMILES string of the molecule is O=C(c1ccccc1)N1CCCN(Cc2ccccc2C(F)(F)F)CC1. The summed E-state index contributed by atoms with van der Waals surface area (Å²) in [7, 11) is 0. The molecule has 26 heavy (non-hydrogen) atoms. The zero-order chi connectivity index (χ0) is 18.6. The Morgan fingerprint density at radius 2 is 1.58 bits per heavy atom. The van der Waals surface area contributed by atoms with Crippen LogP contribution in [-0.4, -0.2) is 41.9 Å². The third-order valence-corrected chi connectivity index (χ3v) is 4.61. The lowest BCUT2D eigenvalue weighted by Gasteiger charge is -2.23. The summed E-state index contributed by atoms with van der Waals surface area (Å²) in [6.45, 7) is 2.60. The topological polar surface area (TPSA) is 23.6 Å². The number of carbonyl (C=O) groups excluding carboxylic acids is 1. The van der Waals surface area contributed by atoms with Crippen LogP contribution in [0.5, 0.6) is 0 Å². The number of halogens is 3. The molecule has 6 heteroatoms. The van der Waals surface area contributed by atoms with Gasteiger partial charge in [-0.3, -0.25) is 9.69 Å². The van der Waals surface area contributed by atoms with Gasteiger partial charge in [0.1, 0.15) is 0 Å². The third-order valence-electron chi connectivity index (χ3n) is 4.61. The van der Waals surface area contributed by atoms with Crippen molar-refractivity contribution >= 4 is 5.91 Å². The fourth-order valence-electron chi connectivity index (χ4n) is 3.27. The quantitative estimate of drug-likeness (QED) is 0.822. The van der Waals surface area contributed by atoms with Gasteiger partial charge in [0.25, 0.3) is 5.91 Å². The van der Waals surface area contributed by atoms with Crippen LogP contribution < -0.4 is 0 Å². The van der Waals surface area contributed by atoms with E-state index >= 15 is 0 Å². The maximum atomic E-state index is 13.2. The van der Waals surface area contributed by atoms with Crippen molar-refractivity contribution in [1.29, 1.82) is 0 Å². The minimum atomic E-state index is -4.35. The molecule has 1 heterocycles. The van der Waals surface area contributed by atoms with E-state index in [9.17, 15) is 18.0 Å². The number of amides is 1. The summed E-state index contributed by atoms with van der Waals surface area (Å²) in [5.74, 6) is -0.0249. The average molecular weight is 362 g/mol. The Kier molecular flexibility index (Phi) is 5.61. The summed E-state index contributed by atoms with van der Waals surface area (Å²) in [6.07, 6.45) is -3.61. The summed E-state index contributed by atoms with van der Waals surface area (Å²) in [5, 5.41) is 0. The van der Waals surface area contributed by atoms with Gasteiger partial charge in [-0.2, -0.15) is 13.2 Å². The Labute approximate surface area is 151 Å². The van der Waals surface area contributed by atoms with Crippen molar-refractivity contribution in [1.82, 2.24) is 9.80 Å². The number of carbonyl (C=O) groups is 1. The van der Waals surface area contributed by atoms with Crippen LogP contribution in [0.4, 0.5) is 13.2 Å². The predicted molar refractivity (Wildman–Crippen MR) is 93.7 cm³/mol. The van der Waals surface area contributed by atoms with Crippen LogP contribution in [-0.2, 0) is 12.7 Å². The fourth-order valence-corrected chi connectivity index (χ4v) is 3.27. The van der Waals surface area contributed by atoms with E-state index in [1.807, 2.05) is 23.1 Å². The van der Waals surface area contributed by atoms with Crippen molar-refractivity contribution in [2.24, 2.45) is 0 Å². The molecule has 0 aliphatic carbocycles. The molecule has 0 aromatic heterocycles. The number of rotatable bonds is 3. The second kappa shape index (κ2) is 7.91. The number of alkyl halides is 3. The minimum Gasteiger partial charge on any atom is -0.337 e. The zero-order valence-electron chi connectivity index (χ0n) is 14.4. The van der Waals surface area contributed by atoms with Crippen LogP contribution >= 0.6 is 0 Å². The van der Waals surface area contributed by atoms with Crippen LogP contribution in [0.15, 0.2) is 54.6 Å². The lowest BCUT2D eigenvalue weighted by molar-refractivity contribution is -0.138. The van der Waals surface area contributed by atoms with E-state index in [4.69, 9.17) is 0 Å². The summed E-state index contributed by atoms with van der Waals surface area (Å²) >= 11 is 0. The molecule has 0 N–H and O–H groups in total. The summed E-state index contributed by atoms with van der Waals surface area (Å²) in [6, 6.07) is 14.8. The number of hydrogen-bond donors (Lipinski definition) is 0.